The number of halogens is 1. The summed E-state index contributed by atoms with van der Waals surface area (Å²) < 4.78 is 1.83. The Balaban J connectivity index is 1.72. The Morgan fingerprint density at radius 1 is 1.00 bits per heavy atom. The Kier molecular flexibility index (Phi) is 5.50. The van der Waals surface area contributed by atoms with E-state index >= 15 is 0 Å². The summed E-state index contributed by atoms with van der Waals surface area (Å²) in [5, 5.41) is 8.69. The second-order valence-electron chi connectivity index (χ2n) is 8.52. The molecule has 0 unspecified atom stereocenters. The summed E-state index contributed by atoms with van der Waals surface area (Å²) in [5.41, 5.74) is 4.16. The lowest BCUT2D eigenvalue weighted by atomic mass is 9.90. The zero-order valence-electron chi connectivity index (χ0n) is 17.4. The average Bonchev–Trinajstić information content (AvgIpc) is 3.09. The number of hydrogen-bond donors (Lipinski definition) is 2. The van der Waals surface area contributed by atoms with Crippen LogP contribution in [-0.2, 0) is 18.5 Å². The first-order valence-electron chi connectivity index (χ1n) is 10.1. The van der Waals surface area contributed by atoms with Crippen LogP contribution in [-0.4, -0.2) is 14.8 Å². The largest absolute Gasteiger partial charge is 0.339 e. The van der Waals surface area contributed by atoms with E-state index in [0.717, 1.165) is 38.6 Å². The number of aromatic nitrogens is 3. The fourth-order valence-corrected chi connectivity index (χ4v) is 3.84. The first kappa shape index (κ1) is 20.4. The highest BCUT2D eigenvalue weighted by molar-refractivity contribution is 6.31. The molecule has 6 heteroatoms. The number of nitrogens with one attached hydrogen (secondary N) is 1. The second kappa shape index (κ2) is 8.09. The number of nitrogens with zero attached hydrogens (tertiary/aromatic N) is 2. The highest BCUT2D eigenvalue weighted by Crippen LogP contribution is 2.29. The number of fused-ring (bicyclic) bond motifs is 1. The molecule has 0 aliphatic heterocycles. The van der Waals surface area contributed by atoms with Gasteiger partial charge in [-0.25, -0.2) is 4.68 Å². The minimum Gasteiger partial charge on any atom is -0.339 e. The van der Waals surface area contributed by atoms with Crippen LogP contribution in [0.1, 0.15) is 37.6 Å². The van der Waals surface area contributed by atoms with E-state index in [-0.39, 0.29) is 11.0 Å². The van der Waals surface area contributed by atoms with Gasteiger partial charge < -0.3 is 10.3 Å². The fourth-order valence-electron chi connectivity index (χ4n) is 3.62. The van der Waals surface area contributed by atoms with Crippen LogP contribution < -0.4 is 10.9 Å². The van der Waals surface area contributed by atoms with E-state index in [1.54, 1.807) is 0 Å². The van der Waals surface area contributed by atoms with Gasteiger partial charge in [0.2, 0.25) is 0 Å². The van der Waals surface area contributed by atoms with Gasteiger partial charge in [0.05, 0.1) is 16.9 Å². The van der Waals surface area contributed by atoms with Crippen molar-refractivity contribution in [2.24, 2.45) is 0 Å². The minimum atomic E-state index is -0.158. The molecule has 0 amide bonds. The topological polar surface area (TPSA) is 67.3 Å². The lowest BCUT2D eigenvalue weighted by molar-refractivity contribution is -0.686. The summed E-state index contributed by atoms with van der Waals surface area (Å²) in [6.45, 7) is 7.69. The maximum Gasteiger partial charge on any atom is 0.258 e. The van der Waals surface area contributed by atoms with E-state index < -0.39 is 0 Å². The SMILES string of the molecule is CC(C)(C)c1nn(-c2ccccc2)c2[nH]c(=O)c(C[NH2+]Cc3ccccc3Cl)cc12. The van der Waals surface area contributed by atoms with E-state index in [2.05, 4.69) is 31.1 Å². The van der Waals surface area contributed by atoms with Gasteiger partial charge in [0.1, 0.15) is 18.7 Å². The fraction of sp³-hybridized carbons (Fsp3) is 0.250. The normalized spacial score (nSPS) is 11.9. The first-order chi connectivity index (χ1) is 14.3. The van der Waals surface area contributed by atoms with Gasteiger partial charge in [0.25, 0.3) is 5.56 Å². The Morgan fingerprint density at radius 2 is 1.67 bits per heavy atom. The molecule has 2 heterocycles. The summed E-state index contributed by atoms with van der Waals surface area (Å²) in [4.78, 5) is 15.9. The Hall–Kier alpha value is -2.89. The molecule has 3 N–H and O–H groups in total. The van der Waals surface area contributed by atoms with Crippen LogP contribution in [0.5, 0.6) is 0 Å². The number of H-pyrrole nitrogens is 1. The van der Waals surface area contributed by atoms with Crippen LogP contribution in [0.25, 0.3) is 16.7 Å². The monoisotopic (exact) mass is 421 g/mol. The van der Waals surface area contributed by atoms with Gasteiger partial charge >= 0.3 is 0 Å². The summed E-state index contributed by atoms with van der Waals surface area (Å²) >= 11 is 6.25. The molecule has 0 saturated carbocycles. The van der Waals surface area contributed by atoms with Crippen molar-refractivity contribution < 1.29 is 5.32 Å². The van der Waals surface area contributed by atoms with Gasteiger partial charge in [-0.3, -0.25) is 4.79 Å². The molecule has 30 heavy (non-hydrogen) atoms. The van der Waals surface area contributed by atoms with Crippen LogP contribution in [0.3, 0.4) is 0 Å². The summed E-state index contributed by atoms with van der Waals surface area (Å²) in [6.07, 6.45) is 0. The van der Waals surface area contributed by atoms with Crippen LogP contribution in [0.15, 0.2) is 65.5 Å². The summed E-state index contributed by atoms with van der Waals surface area (Å²) in [7, 11) is 0. The van der Waals surface area contributed by atoms with Crippen molar-refractivity contribution in [3.05, 3.63) is 92.9 Å². The van der Waals surface area contributed by atoms with E-state index in [9.17, 15) is 4.79 Å². The first-order valence-corrected chi connectivity index (χ1v) is 10.5. The maximum atomic E-state index is 12.8. The predicted molar refractivity (Wildman–Crippen MR) is 121 cm³/mol. The second-order valence-corrected chi connectivity index (χ2v) is 8.93. The number of para-hydroxylation sites is 1. The molecule has 2 aromatic heterocycles. The molecular weight excluding hydrogens is 396 g/mol. The third kappa shape index (κ3) is 4.04. The molecule has 0 aliphatic carbocycles. The van der Waals surface area contributed by atoms with Crippen LogP contribution in [0, 0.1) is 0 Å². The van der Waals surface area contributed by atoms with E-state index in [4.69, 9.17) is 16.7 Å². The molecule has 0 aliphatic rings. The van der Waals surface area contributed by atoms with E-state index in [1.165, 1.54) is 0 Å². The third-order valence-electron chi connectivity index (χ3n) is 5.16. The molecule has 2 aromatic carbocycles. The quantitative estimate of drug-likeness (QED) is 0.512. The molecule has 154 valence electrons. The average molecular weight is 422 g/mol. The van der Waals surface area contributed by atoms with Crippen molar-refractivity contribution in [3.63, 3.8) is 0 Å². The van der Waals surface area contributed by atoms with Gasteiger partial charge in [-0.05, 0) is 24.3 Å². The number of hydrogen-bond acceptors (Lipinski definition) is 2. The number of rotatable bonds is 5. The zero-order chi connectivity index (χ0) is 21.3. The Bertz CT molecular complexity index is 1240. The van der Waals surface area contributed by atoms with Gasteiger partial charge in [0, 0.05) is 21.4 Å². The molecule has 0 fully saturated rings. The van der Waals surface area contributed by atoms with Crippen molar-refractivity contribution in [2.75, 3.05) is 0 Å². The van der Waals surface area contributed by atoms with Crippen molar-refractivity contribution in [3.8, 4) is 5.69 Å². The van der Waals surface area contributed by atoms with E-state index in [1.807, 2.05) is 65.3 Å². The van der Waals surface area contributed by atoms with Crippen LogP contribution in [0.2, 0.25) is 5.02 Å². The lowest BCUT2D eigenvalue weighted by Crippen LogP contribution is -2.81. The predicted octanol–water partition coefficient (Wildman–Crippen LogP) is 3.93. The molecule has 0 atom stereocenters. The molecule has 0 radical (unpaired) electrons. The maximum absolute atomic E-state index is 12.8. The van der Waals surface area contributed by atoms with Crippen molar-refractivity contribution in [1.82, 2.24) is 14.8 Å². The molecule has 4 aromatic rings. The number of aromatic amines is 1. The summed E-state index contributed by atoms with van der Waals surface area (Å²) in [5.74, 6) is 0. The van der Waals surface area contributed by atoms with Crippen LogP contribution in [0.4, 0.5) is 0 Å². The standard InChI is InChI=1S/C24H25ClN4O/c1-24(2,3)21-19-13-17(15-26-14-16-9-7-8-12-20(16)25)23(30)27-22(19)29(28-21)18-10-5-4-6-11-18/h4-13,26H,14-15H2,1-3H3,(H,27,30)/p+1. The molecule has 0 saturated heterocycles. The van der Waals surface area contributed by atoms with Gasteiger partial charge in [-0.2, -0.15) is 5.10 Å². The van der Waals surface area contributed by atoms with Gasteiger partial charge in [0.15, 0.2) is 0 Å². The number of quaternary nitrogens is 1. The molecule has 4 rings (SSSR count). The molecular formula is C24H26ClN4O+. The molecule has 5 nitrogen and oxygen atoms in total. The van der Waals surface area contributed by atoms with Crippen molar-refractivity contribution in [2.45, 2.75) is 39.3 Å². The Morgan fingerprint density at radius 3 is 2.37 bits per heavy atom. The number of nitrogens with two attached hydrogens (primary N) is 1. The lowest BCUT2D eigenvalue weighted by Gasteiger charge is -2.15. The van der Waals surface area contributed by atoms with Crippen molar-refractivity contribution in [1.29, 1.82) is 0 Å². The highest BCUT2D eigenvalue weighted by atomic mass is 35.5. The minimum absolute atomic E-state index is 0.0875. The smallest absolute Gasteiger partial charge is 0.258 e. The highest BCUT2D eigenvalue weighted by Gasteiger charge is 2.24. The molecule has 0 spiro atoms. The van der Waals surface area contributed by atoms with Gasteiger partial charge in [-0.1, -0.05) is 68.8 Å². The number of pyridine rings is 1. The van der Waals surface area contributed by atoms with Crippen LogP contribution >= 0.6 is 11.6 Å². The third-order valence-corrected chi connectivity index (χ3v) is 5.53. The van der Waals surface area contributed by atoms with Crippen molar-refractivity contribution >= 4 is 22.6 Å². The Labute approximate surface area is 180 Å². The summed E-state index contributed by atoms with van der Waals surface area (Å²) in [6, 6.07) is 19.7. The van der Waals surface area contributed by atoms with Gasteiger partial charge in [-0.15, -0.1) is 0 Å². The number of benzene rings is 2. The molecule has 0 bridgehead atoms. The van der Waals surface area contributed by atoms with E-state index in [0.29, 0.717) is 13.1 Å². The zero-order valence-corrected chi connectivity index (χ0v) is 18.2.